The van der Waals surface area contributed by atoms with Crippen LogP contribution in [0.5, 0.6) is 0 Å². The van der Waals surface area contributed by atoms with Gasteiger partial charge < -0.3 is 25.1 Å². The average molecular weight is 383 g/mol. The first-order chi connectivity index (χ1) is 13.6. The number of carboxylic acid groups (broad SMARTS) is 1. The Morgan fingerprint density at radius 3 is 2.21 bits per heavy atom. The molecule has 1 aliphatic rings. The van der Waals surface area contributed by atoms with E-state index in [1.165, 1.54) is 0 Å². The average Bonchev–Trinajstić information content (AvgIpc) is 2.73. The topological polar surface area (TPSA) is 91.0 Å². The van der Waals surface area contributed by atoms with Gasteiger partial charge in [0.1, 0.15) is 24.4 Å². The second kappa shape index (κ2) is 10.1. The van der Waals surface area contributed by atoms with Gasteiger partial charge in [0.2, 0.25) is 0 Å². The van der Waals surface area contributed by atoms with E-state index in [1.54, 1.807) is 6.08 Å². The molecule has 0 radical (unpaired) electrons. The van der Waals surface area contributed by atoms with Gasteiger partial charge in [0.15, 0.2) is 0 Å². The van der Waals surface area contributed by atoms with Crippen LogP contribution in [0.25, 0.3) is 0 Å². The molecule has 0 amide bonds. The first-order valence-electron chi connectivity index (χ1n) is 9.23. The minimum Gasteiger partial charge on any atom is -0.480 e. The molecular formula is C22H25NO5. The van der Waals surface area contributed by atoms with Crippen LogP contribution in [0.15, 0.2) is 72.8 Å². The molecule has 3 rings (SSSR count). The molecule has 0 spiro atoms. The predicted octanol–water partition coefficient (Wildman–Crippen LogP) is 2.52. The van der Waals surface area contributed by atoms with Crippen molar-refractivity contribution in [2.24, 2.45) is 5.73 Å². The number of rotatable bonds is 9. The largest absolute Gasteiger partial charge is 0.480 e. The van der Waals surface area contributed by atoms with Crippen molar-refractivity contribution in [3.8, 4) is 0 Å². The van der Waals surface area contributed by atoms with Gasteiger partial charge in [0, 0.05) is 0 Å². The highest BCUT2D eigenvalue weighted by molar-refractivity contribution is 5.74. The molecule has 0 bridgehead atoms. The van der Waals surface area contributed by atoms with E-state index >= 15 is 0 Å². The van der Waals surface area contributed by atoms with E-state index in [4.69, 9.17) is 25.1 Å². The van der Waals surface area contributed by atoms with Crippen LogP contribution in [0.1, 0.15) is 11.1 Å². The van der Waals surface area contributed by atoms with Gasteiger partial charge in [0.25, 0.3) is 0 Å². The third-order valence-corrected chi connectivity index (χ3v) is 4.51. The molecule has 6 nitrogen and oxygen atoms in total. The van der Waals surface area contributed by atoms with E-state index in [2.05, 4.69) is 0 Å². The van der Waals surface area contributed by atoms with Crippen molar-refractivity contribution >= 4 is 5.97 Å². The Balaban J connectivity index is 1.62. The quantitative estimate of drug-likeness (QED) is 0.647. The molecule has 0 fully saturated rings. The SMILES string of the molecule is NC(C(=O)O)[C@@H]1C=C[C@H](OCc2ccccc2)[C@@H](COCc2ccccc2)O1. The minimum atomic E-state index is -1.14. The minimum absolute atomic E-state index is 0.265. The Bertz CT molecular complexity index is 765. The molecule has 2 aromatic carbocycles. The monoisotopic (exact) mass is 383 g/mol. The summed E-state index contributed by atoms with van der Waals surface area (Å²) in [4.78, 5) is 11.2. The summed E-state index contributed by atoms with van der Waals surface area (Å²) in [5.74, 6) is -1.11. The summed E-state index contributed by atoms with van der Waals surface area (Å²) < 4.78 is 17.7. The third kappa shape index (κ3) is 5.74. The van der Waals surface area contributed by atoms with Gasteiger partial charge in [0.05, 0.1) is 19.8 Å². The molecule has 2 aromatic rings. The number of carbonyl (C=O) groups is 1. The Labute approximate surface area is 164 Å². The number of carboxylic acids is 1. The Morgan fingerprint density at radius 2 is 1.61 bits per heavy atom. The lowest BCUT2D eigenvalue weighted by atomic mass is 10.0. The summed E-state index contributed by atoms with van der Waals surface area (Å²) in [5.41, 5.74) is 7.82. The Kier molecular flexibility index (Phi) is 7.33. The molecule has 0 saturated carbocycles. The van der Waals surface area contributed by atoms with Crippen LogP contribution in [-0.4, -0.2) is 42.0 Å². The zero-order chi connectivity index (χ0) is 19.8. The fraction of sp³-hybridized carbons (Fsp3) is 0.318. The zero-order valence-corrected chi connectivity index (χ0v) is 15.5. The number of hydrogen-bond donors (Lipinski definition) is 2. The number of ether oxygens (including phenoxy) is 3. The normalized spacial score (nSPS) is 22.7. The summed E-state index contributed by atoms with van der Waals surface area (Å²) in [7, 11) is 0. The third-order valence-electron chi connectivity index (χ3n) is 4.51. The Hall–Kier alpha value is -2.51. The highest BCUT2D eigenvalue weighted by Crippen LogP contribution is 2.20. The molecule has 1 heterocycles. The van der Waals surface area contributed by atoms with E-state index in [1.807, 2.05) is 66.7 Å². The van der Waals surface area contributed by atoms with Crippen LogP contribution in [0.3, 0.4) is 0 Å². The lowest BCUT2D eigenvalue weighted by molar-refractivity contribution is -0.150. The lowest BCUT2D eigenvalue weighted by Crippen LogP contribution is -2.49. The van der Waals surface area contributed by atoms with E-state index in [-0.39, 0.29) is 12.7 Å². The Morgan fingerprint density at radius 1 is 1.00 bits per heavy atom. The first kappa shape index (κ1) is 20.2. The second-order valence-corrected chi connectivity index (χ2v) is 6.65. The van der Waals surface area contributed by atoms with Crippen LogP contribution >= 0.6 is 0 Å². The lowest BCUT2D eigenvalue weighted by Gasteiger charge is -2.33. The van der Waals surface area contributed by atoms with Crippen molar-refractivity contribution in [3.63, 3.8) is 0 Å². The van der Waals surface area contributed by atoms with Crippen LogP contribution in [0, 0.1) is 0 Å². The van der Waals surface area contributed by atoms with Crippen LogP contribution < -0.4 is 5.73 Å². The van der Waals surface area contributed by atoms with E-state index in [0.29, 0.717) is 13.2 Å². The molecule has 0 aromatic heterocycles. The van der Waals surface area contributed by atoms with E-state index in [0.717, 1.165) is 11.1 Å². The van der Waals surface area contributed by atoms with Gasteiger partial charge in [-0.2, -0.15) is 0 Å². The van der Waals surface area contributed by atoms with E-state index < -0.39 is 24.2 Å². The van der Waals surface area contributed by atoms with Gasteiger partial charge in [-0.3, -0.25) is 4.79 Å². The summed E-state index contributed by atoms with van der Waals surface area (Å²) in [6.45, 7) is 1.12. The van der Waals surface area contributed by atoms with Crippen molar-refractivity contribution < 1.29 is 24.1 Å². The first-order valence-corrected chi connectivity index (χ1v) is 9.23. The molecule has 1 aliphatic heterocycles. The van der Waals surface area contributed by atoms with Crippen molar-refractivity contribution in [1.29, 1.82) is 0 Å². The second-order valence-electron chi connectivity index (χ2n) is 6.65. The fourth-order valence-corrected chi connectivity index (χ4v) is 2.94. The van der Waals surface area contributed by atoms with Gasteiger partial charge in [-0.15, -0.1) is 0 Å². The number of aliphatic carboxylic acids is 1. The van der Waals surface area contributed by atoms with Crippen molar-refractivity contribution in [2.75, 3.05) is 6.61 Å². The summed E-state index contributed by atoms with van der Waals surface area (Å²) in [6, 6.07) is 18.5. The van der Waals surface area contributed by atoms with Crippen LogP contribution in [0.2, 0.25) is 0 Å². The molecule has 28 heavy (non-hydrogen) atoms. The molecule has 6 heteroatoms. The summed E-state index contributed by atoms with van der Waals surface area (Å²) in [5, 5.41) is 9.16. The molecule has 148 valence electrons. The molecule has 0 saturated heterocycles. The van der Waals surface area contributed by atoms with E-state index in [9.17, 15) is 4.79 Å². The standard InChI is InChI=1S/C22H25NO5/c23-21(22(24)25)19-12-11-18(27-14-17-9-5-2-6-10-17)20(28-19)15-26-13-16-7-3-1-4-8-16/h1-12,18-21H,13-15,23H2,(H,24,25)/t18-,19-,20+,21?/m0/s1. The maximum absolute atomic E-state index is 11.2. The summed E-state index contributed by atoms with van der Waals surface area (Å²) in [6.07, 6.45) is 1.94. The highest BCUT2D eigenvalue weighted by Gasteiger charge is 2.33. The summed E-state index contributed by atoms with van der Waals surface area (Å²) >= 11 is 0. The zero-order valence-electron chi connectivity index (χ0n) is 15.5. The number of hydrogen-bond acceptors (Lipinski definition) is 5. The van der Waals surface area contributed by atoms with Crippen molar-refractivity contribution in [2.45, 2.75) is 37.6 Å². The maximum atomic E-state index is 11.2. The van der Waals surface area contributed by atoms with Crippen molar-refractivity contribution in [3.05, 3.63) is 83.9 Å². The molecule has 1 unspecified atom stereocenters. The highest BCUT2D eigenvalue weighted by atomic mass is 16.6. The van der Waals surface area contributed by atoms with Gasteiger partial charge in [-0.05, 0) is 11.1 Å². The predicted molar refractivity (Wildman–Crippen MR) is 105 cm³/mol. The molecule has 0 aliphatic carbocycles. The van der Waals surface area contributed by atoms with Gasteiger partial charge in [-0.1, -0.05) is 72.8 Å². The van der Waals surface area contributed by atoms with Crippen molar-refractivity contribution in [1.82, 2.24) is 0 Å². The van der Waals surface area contributed by atoms with Crippen LogP contribution in [-0.2, 0) is 32.2 Å². The van der Waals surface area contributed by atoms with Gasteiger partial charge >= 0.3 is 5.97 Å². The number of benzene rings is 2. The smallest absolute Gasteiger partial charge is 0.323 e. The molecule has 3 N–H and O–H groups in total. The number of nitrogens with two attached hydrogens (primary N) is 1. The molecular weight excluding hydrogens is 358 g/mol. The maximum Gasteiger partial charge on any atom is 0.323 e. The van der Waals surface area contributed by atoms with Crippen LogP contribution in [0.4, 0.5) is 0 Å². The molecule has 4 atom stereocenters. The van der Waals surface area contributed by atoms with Gasteiger partial charge in [-0.25, -0.2) is 0 Å². The fourth-order valence-electron chi connectivity index (χ4n) is 2.94.